The van der Waals surface area contributed by atoms with Crippen LogP contribution in [0.4, 0.5) is 10.6 Å². The van der Waals surface area contributed by atoms with Crippen molar-refractivity contribution >= 4 is 29.0 Å². The number of likely N-dealkylation sites (N-methyl/N-ethyl adjacent to an activating group) is 1. The van der Waals surface area contributed by atoms with Gasteiger partial charge in [-0.05, 0) is 19.8 Å². The molecule has 2 aliphatic rings. The van der Waals surface area contributed by atoms with Crippen molar-refractivity contribution in [2.75, 3.05) is 51.6 Å². The number of amides is 2. The number of hydrogen-bond donors (Lipinski definition) is 4. The first-order chi connectivity index (χ1) is 17.3. The molecule has 0 saturated carbocycles. The molecule has 2 fully saturated rings. The number of imidazole rings is 1. The summed E-state index contributed by atoms with van der Waals surface area (Å²) in [6, 6.07) is 0. The Morgan fingerprint density at radius 2 is 1.97 bits per heavy atom. The van der Waals surface area contributed by atoms with Crippen molar-refractivity contribution in [3.05, 3.63) is 12.2 Å². The molecule has 4 atom stereocenters. The van der Waals surface area contributed by atoms with E-state index in [9.17, 15) is 19.8 Å². The molecule has 2 aliphatic heterocycles. The van der Waals surface area contributed by atoms with Crippen LogP contribution in [0.5, 0.6) is 0 Å². The molecule has 14 heteroatoms. The number of carbonyl (C=O) groups excluding carboxylic acids is 2. The van der Waals surface area contributed by atoms with Gasteiger partial charge in [0.1, 0.15) is 17.7 Å². The van der Waals surface area contributed by atoms with Crippen LogP contribution in [0.3, 0.4) is 0 Å². The smallest absolute Gasteiger partial charge is 0.409 e. The summed E-state index contributed by atoms with van der Waals surface area (Å²) in [4.78, 5) is 40.6. The minimum atomic E-state index is -1.43. The van der Waals surface area contributed by atoms with Crippen LogP contribution in [0, 0.1) is 11.8 Å². The first-order valence-electron chi connectivity index (χ1n) is 11.8. The Labute approximate surface area is 207 Å². The number of nitrogens with zero attached hydrogens (tertiary/aromatic N) is 6. The number of piperazine rings is 1. The van der Waals surface area contributed by atoms with Gasteiger partial charge in [-0.3, -0.25) is 14.3 Å². The molecule has 5 N–H and O–H groups in total. The molecule has 4 rings (SSSR count). The van der Waals surface area contributed by atoms with Crippen molar-refractivity contribution in [1.29, 1.82) is 0 Å². The Morgan fingerprint density at radius 3 is 2.67 bits per heavy atom. The van der Waals surface area contributed by atoms with Crippen LogP contribution < -0.4 is 11.1 Å². The zero-order chi connectivity index (χ0) is 25.8. The third-order valence-corrected chi connectivity index (χ3v) is 5.97. The summed E-state index contributed by atoms with van der Waals surface area (Å²) in [5.41, 5.74) is 6.59. The first kappa shape index (κ1) is 25.6. The predicted molar refractivity (Wildman–Crippen MR) is 126 cm³/mol. The van der Waals surface area contributed by atoms with Gasteiger partial charge in [0.2, 0.25) is 5.82 Å². The second-order valence-electron chi connectivity index (χ2n) is 8.34. The van der Waals surface area contributed by atoms with E-state index in [0.29, 0.717) is 45.9 Å². The quantitative estimate of drug-likeness (QED) is 0.342. The van der Waals surface area contributed by atoms with Gasteiger partial charge in [0, 0.05) is 32.7 Å². The summed E-state index contributed by atoms with van der Waals surface area (Å²) < 4.78 is 12.1. The number of nitrogen functional groups attached to an aromatic ring is 1. The van der Waals surface area contributed by atoms with Crippen LogP contribution in [0.1, 0.15) is 25.9 Å². The summed E-state index contributed by atoms with van der Waals surface area (Å²) in [6.45, 7) is 7.10. The van der Waals surface area contributed by atoms with Gasteiger partial charge < -0.3 is 35.6 Å². The molecule has 2 amide bonds. The molecule has 2 aromatic rings. The van der Waals surface area contributed by atoms with Crippen LogP contribution in [-0.4, -0.2) is 116 Å². The summed E-state index contributed by atoms with van der Waals surface area (Å²) in [6.07, 6.45) is -4.13. The number of rotatable bonds is 5. The van der Waals surface area contributed by atoms with Crippen LogP contribution in [0.25, 0.3) is 11.2 Å². The molecule has 0 aromatic carbocycles. The molecule has 14 nitrogen and oxygen atoms in total. The highest BCUT2D eigenvalue weighted by atomic mass is 16.6. The number of aliphatic hydroxyl groups is 2. The van der Waals surface area contributed by atoms with E-state index in [0.717, 1.165) is 0 Å². The highest BCUT2D eigenvalue weighted by molar-refractivity contribution is 5.83. The Morgan fingerprint density at radius 1 is 1.22 bits per heavy atom. The highest BCUT2D eigenvalue weighted by Gasteiger charge is 2.47. The number of aliphatic hydroxyl groups excluding tert-OH is 2. The van der Waals surface area contributed by atoms with Crippen molar-refractivity contribution in [3.63, 3.8) is 0 Å². The van der Waals surface area contributed by atoms with Crippen molar-refractivity contribution in [3.8, 4) is 11.8 Å². The second kappa shape index (κ2) is 11.0. The maximum atomic E-state index is 12.2. The van der Waals surface area contributed by atoms with E-state index in [4.69, 9.17) is 15.2 Å². The minimum Gasteiger partial charge on any atom is -0.450 e. The standard InChI is InChI=1S/C22H30N8O6/c1-3-24-20(33)17-15(31)16(32)21(36-17)30-12-25-14-18(23)26-13(27-19(14)30)6-5-7-28-8-10-29(11-9-28)22(34)35-4-2/h12,15-17,21,31-32H,3-4,7-11H2,1-2H3,(H,24,33)(H2,23,26,27). The number of fused-ring (bicyclic) bond motifs is 1. The lowest BCUT2D eigenvalue weighted by atomic mass is 10.1. The lowest BCUT2D eigenvalue weighted by Crippen LogP contribution is -2.48. The number of aromatic nitrogens is 4. The number of nitrogens with two attached hydrogens (primary N) is 1. The zero-order valence-electron chi connectivity index (χ0n) is 20.1. The second-order valence-corrected chi connectivity index (χ2v) is 8.34. The SMILES string of the molecule is CCNC(=O)C1OC(n2cnc3c(N)nc(C#CCN4CCN(C(=O)OCC)CC4)nc32)C(O)C1O. The van der Waals surface area contributed by atoms with E-state index < -0.39 is 30.4 Å². The van der Waals surface area contributed by atoms with Crippen molar-refractivity contribution in [1.82, 2.24) is 34.6 Å². The predicted octanol–water partition coefficient (Wildman–Crippen LogP) is -1.71. The maximum Gasteiger partial charge on any atom is 0.409 e. The average molecular weight is 503 g/mol. The van der Waals surface area contributed by atoms with Gasteiger partial charge in [-0.2, -0.15) is 0 Å². The summed E-state index contributed by atoms with van der Waals surface area (Å²) in [7, 11) is 0. The molecule has 2 aromatic heterocycles. The molecule has 0 aliphatic carbocycles. The Kier molecular flexibility index (Phi) is 7.85. The Bertz CT molecular complexity index is 1170. The van der Waals surface area contributed by atoms with E-state index in [1.165, 1.54) is 10.9 Å². The molecule has 0 bridgehead atoms. The van der Waals surface area contributed by atoms with E-state index in [-0.39, 0.29) is 28.9 Å². The summed E-state index contributed by atoms with van der Waals surface area (Å²) >= 11 is 0. The van der Waals surface area contributed by atoms with E-state index in [1.807, 2.05) is 0 Å². The van der Waals surface area contributed by atoms with Gasteiger partial charge >= 0.3 is 6.09 Å². The van der Waals surface area contributed by atoms with Crippen LogP contribution in [0.15, 0.2) is 6.33 Å². The first-order valence-corrected chi connectivity index (χ1v) is 11.8. The van der Waals surface area contributed by atoms with Crippen LogP contribution in [0.2, 0.25) is 0 Å². The van der Waals surface area contributed by atoms with E-state index in [1.54, 1.807) is 18.7 Å². The largest absolute Gasteiger partial charge is 0.450 e. The molecule has 36 heavy (non-hydrogen) atoms. The van der Waals surface area contributed by atoms with Gasteiger partial charge in [0.05, 0.1) is 19.5 Å². The Balaban J connectivity index is 1.47. The fourth-order valence-corrected chi connectivity index (χ4v) is 4.10. The van der Waals surface area contributed by atoms with E-state index in [2.05, 4.69) is 37.0 Å². The summed E-state index contributed by atoms with van der Waals surface area (Å²) in [5.74, 6) is 5.64. The monoisotopic (exact) mass is 502 g/mol. The van der Waals surface area contributed by atoms with Gasteiger partial charge in [-0.25, -0.2) is 19.7 Å². The molecule has 4 unspecified atom stereocenters. The normalized spacial score (nSPS) is 24.4. The fourth-order valence-electron chi connectivity index (χ4n) is 4.10. The molecular weight excluding hydrogens is 472 g/mol. The van der Waals surface area contributed by atoms with Gasteiger partial charge in [0.15, 0.2) is 23.8 Å². The maximum absolute atomic E-state index is 12.2. The minimum absolute atomic E-state index is 0.0967. The zero-order valence-corrected chi connectivity index (χ0v) is 20.1. The topological polar surface area (TPSA) is 181 Å². The van der Waals surface area contributed by atoms with Crippen LogP contribution >= 0.6 is 0 Å². The third-order valence-electron chi connectivity index (χ3n) is 5.97. The number of nitrogens with one attached hydrogen (secondary N) is 1. The molecule has 0 radical (unpaired) electrons. The third kappa shape index (κ3) is 5.19. The lowest BCUT2D eigenvalue weighted by molar-refractivity contribution is -0.137. The van der Waals surface area contributed by atoms with Crippen molar-refractivity contribution in [2.24, 2.45) is 0 Å². The van der Waals surface area contributed by atoms with Crippen LogP contribution in [-0.2, 0) is 14.3 Å². The van der Waals surface area contributed by atoms with E-state index >= 15 is 0 Å². The number of hydrogen-bond acceptors (Lipinski definition) is 11. The number of carbonyl (C=O) groups is 2. The summed E-state index contributed by atoms with van der Waals surface area (Å²) in [5, 5.41) is 23.4. The lowest BCUT2D eigenvalue weighted by Gasteiger charge is -2.32. The fraction of sp³-hybridized carbons (Fsp3) is 0.591. The molecule has 194 valence electrons. The van der Waals surface area contributed by atoms with Crippen molar-refractivity contribution in [2.45, 2.75) is 38.4 Å². The van der Waals surface area contributed by atoms with Gasteiger partial charge in [-0.1, -0.05) is 5.92 Å². The van der Waals surface area contributed by atoms with Gasteiger partial charge in [-0.15, -0.1) is 0 Å². The number of anilines is 1. The molecule has 4 heterocycles. The van der Waals surface area contributed by atoms with Gasteiger partial charge in [0.25, 0.3) is 5.91 Å². The molecular formula is C22H30N8O6. The molecule has 0 spiro atoms. The average Bonchev–Trinajstić information content (AvgIpc) is 3.41. The Hall–Kier alpha value is -3.51. The highest BCUT2D eigenvalue weighted by Crippen LogP contribution is 2.32. The van der Waals surface area contributed by atoms with Crippen molar-refractivity contribution < 1.29 is 29.3 Å². The molecule has 2 saturated heterocycles. The number of ether oxygens (including phenoxy) is 2.